The topological polar surface area (TPSA) is 53.4 Å². The maximum Gasteiger partial charge on any atom is 0.317 e. The van der Waals surface area contributed by atoms with Crippen molar-refractivity contribution in [3.63, 3.8) is 0 Å². The van der Waals surface area contributed by atoms with Crippen molar-refractivity contribution >= 4 is 6.03 Å². The fraction of sp³-hybridized carbons (Fsp3) is 0.733. The van der Waals surface area contributed by atoms with Gasteiger partial charge in [-0.05, 0) is 46.3 Å². The summed E-state index contributed by atoms with van der Waals surface area (Å²) in [6, 6.07) is 0.796. The predicted molar refractivity (Wildman–Crippen MR) is 83.2 cm³/mol. The van der Waals surface area contributed by atoms with Gasteiger partial charge < -0.3 is 15.1 Å². The Labute approximate surface area is 127 Å². The second-order valence-corrected chi connectivity index (χ2v) is 6.41. The molecule has 1 saturated heterocycles. The molecule has 118 valence electrons. The molecule has 2 amide bonds. The highest BCUT2D eigenvalue weighted by atomic mass is 16.2. The Morgan fingerprint density at radius 3 is 2.76 bits per heavy atom. The molecule has 0 radical (unpaired) electrons. The van der Waals surface area contributed by atoms with Gasteiger partial charge in [-0.3, -0.25) is 4.68 Å². The summed E-state index contributed by atoms with van der Waals surface area (Å²) < 4.78 is 1.81. The number of nitrogens with zero attached hydrogens (tertiary/aromatic N) is 4. The molecule has 2 atom stereocenters. The van der Waals surface area contributed by atoms with Gasteiger partial charge in [-0.15, -0.1) is 0 Å². The molecule has 0 spiro atoms. The standard InChI is InChI=1S/C15H27N5O/c1-11(2)17-15(21)20-7-6-13(18(3)4)14(20)8-12-9-16-19(5)10-12/h9-11,13-14H,6-8H2,1-5H3,(H,17,21)/t13-,14+/m1/s1. The lowest BCUT2D eigenvalue weighted by Crippen LogP contribution is -2.50. The molecular weight excluding hydrogens is 266 g/mol. The van der Waals surface area contributed by atoms with Crippen LogP contribution >= 0.6 is 0 Å². The molecule has 6 nitrogen and oxygen atoms in total. The zero-order chi connectivity index (χ0) is 15.6. The number of rotatable bonds is 4. The summed E-state index contributed by atoms with van der Waals surface area (Å²) in [5, 5.41) is 7.24. The van der Waals surface area contributed by atoms with Crippen LogP contribution in [-0.4, -0.2) is 64.4 Å². The lowest BCUT2D eigenvalue weighted by Gasteiger charge is -2.31. The van der Waals surface area contributed by atoms with Gasteiger partial charge in [-0.2, -0.15) is 5.10 Å². The molecule has 0 bridgehead atoms. The number of likely N-dealkylation sites (tertiary alicyclic amines) is 1. The van der Waals surface area contributed by atoms with Crippen LogP contribution in [-0.2, 0) is 13.5 Å². The van der Waals surface area contributed by atoms with Crippen molar-refractivity contribution in [1.29, 1.82) is 0 Å². The maximum absolute atomic E-state index is 12.4. The molecule has 2 rings (SSSR count). The number of likely N-dealkylation sites (N-methyl/N-ethyl adjacent to an activating group) is 1. The molecule has 1 aliphatic rings. The van der Waals surface area contributed by atoms with Gasteiger partial charge in [0.25, 0.3) is 0 Å². The lowest BCUT2D eigenvalue weighted by molar-refractivity contribution is 0.169. The monoisotopic (exact) mass is 293 g/mol. The van der Waals surface area contributed by atoms with E-state index in [1.165, 1.54) is 5.56 Å². The molecule has 1 aromatic heterocycles. The summed E-state index contributed by atoms with van der Waals surface area (Å²) in [6.07, 6.45) is 5.79. The maximum atomic E-state index is 12.4. The highest BCUT2D eigenvalue weighted by Crippen LogP contribution is 2.25. The minimum absolute atomic E-state index is 0.0447. The number of nitrogens with one attached hydrogen (secondary N) is 1. The third-order valence-electron chi connectivity index (χ3n) is 4.05. The Morgan fingerprint density at radius 1 is 1.52 bits per heavy atom. The van der Waals surface area contributed by atoms with E-state index >= 15 is 0 Å². The zero-order valence-corrected chi connectivity index (χ0v) is 13.7. The van der Waals surface area contributed by atoms with Crippen LogP contribution in [0.3, 0.4) is 0 Å². The first-order chi connectivity index (χ1) is 9.88. The van der Waals surface area contributed by atoms with Gasteiger partial charge >= 0.3 is 6.03 Å². The third-order valence-corrected chi connectivity index (χ3v) is 4.05. The average Bonchev–Trinajstić information content (AvgIpc) is 2.95. The fourth-order valence-electron chi connectivity index (χ4n) is 3.09. The smallest absolute Gasteiger partial charge is 0.317 e. The van der Waals surface area contributed by atoms with Crippen LogP contribution < -0.4 is 5.32 Å². The van der Waals surface area contributed by atoms with Gasteiger partial charge in [-0.25, -0.2) is 4.79 Å². The van der Waals surface area contributed by atoms with E-state index in [0.717, 1.165) is 19.4 Å². The Morgan fingerprint density at radius 2 is 2.24 bits per heavy atom. The second-order valence-electron chi connectivity index (χ2n) is 6.41. The SMILES string of the molecule is CC(C)NC(=O)N1CC[C@@H](N(C)C)[C@@H]1Cc1cnn(C)c1. The van der Waals surface area contributed by atoms with Crippen molar-refractivity contribution in [3.05, 3.63) is 18.0 Å². The van der Waals surface area contributed by atoms with Crippen molar-refractivity contribution in [3.8, 4) is 0 Å². The van der Waals surface area contributed by atoms with Crippen LogP contribution in [0.4, 0.5) is 4.79 Å². The first-order valence-corrected chi connectivity index (χ1v) is 7.59. The molecule has 6 heteroatoms. The van der Waals surface area contributed by atoms with E-state index in [9.17, 15) is 4.79 Å². The number of carbonyl (C=O) groups is 1. The highest BCUT2D eigenvalue weighted by Gasteiger charge is 2.38. The summed E-state index contributed by atoms with van der Waals surface area (Å²) in [4.78, 5) is 16.6. The molecule has 0 aliphatic carbocycles. The molecule has 21 heavy (non-hydrogen) atoms. The van der Waals surface area contributed by atoms with Crippen LogP contribution in [0.1, 0.15) is 25.8 Å². The number of aryl methyl sites for hydroxylation is 1. The van der Waals surface area contributed by atoms with Crippen LogP contribution in [0, 0.1) is 0 Å². The van der Waals surface area contributed by atoms with Gasteiger partial charge in [0.05, 0.1) is 12.2 Å². The van der Waals surface area contributed by atoms with Crippen molar-refractivity contribution in [2.75, 3.05) is 20.6 Å². The Bertz CT molecular complexity index is 482. The second kappa shape index (κ2) is 6.47. The van der Waals surface area contributed by atoms with E-state index in [2.05, 4.69) is 29.4 Å². The molecule has 1 aromatic rings. The van der Waals surface area contributed by atoms with E-state index < -0.39 is 0 Å². The number of urea groups is 1. The number of hydrogen-bond acceptors (Lipinski definition) is 3. The molecular formula is C15H27N5O. The number of aromatic nitrogens is 2. The predicted octanol–water partition coefficient (Wildman–Crippen LogP) is 1.09. The van der Waals surface area contributed by atoms with Crippen molar-refractivity contribution in [1.82, 2.24) is 24.9 Å². The quantitative estimate of drug-likeness (QED) is 0.904. The normalized spacial score (nSPS) is 22.3. The Hall–Kier alpha value is -1.56. The summed E-state index contributed by atoms with van der Waals surface area (Å²) >= 11 is 0. The van der Waals surface area contributed by atoms with Gasteiger partial charge in [0.2, 0.25) is 0 Å². The summed E-state index contributed by atoms with van der Waals surface area (Å²) in [6.45, 7) is 4.80. The first kappa shape index (κ1) is 15.8. The van der Waals surface area contributed by atoms with Crippen molar-refractivity contribution in [2.24, 2.45) is 7.05 Å². The summed E-state index contributed by atoms with van der Waals surface area (Å²) in [5.74, 6) is 0. The van der Waals surface area contributed by atoms with Crippen LogP contribution in [0.2, 0.25) is 0 Å². The molecule has 0 aromatic carbocycles. The molecule has 1 aliphatic heterocycles. The van der Waals surface area contributed by atoms with Gasteiger partial charge in [0.1, 0.15) is 0 Å². The van der Waals surface area contributed by atoms with E-state index in [0.29, 0.717) is 6.04 Å². The third kappa shape index (κ3) is 3.75. The fourth-order valence-corrected chi connectivity index (χ4v) is 3.09. The van der Waals surface area contributed by atoms with E-state index in [1.807, 2.05) is 42.9 Å². The molecule has 2 heterocycles. The van der Waals surface area contributed by atoms with E-state index in [4.69, 9.17) is 0 Å². The summed E-state index contributed by atoms with van der Waals surface area (Å²) in [5.41, 5.74) is 1.18. The molecule has 1 N–H and O–H groups in total. The Balaban J connectivity index is 2.14. The number of amides is 2. The van der Waals surface area contributed by atoms with E-state index in [-0.39, 0.29) is 18.1 Å². The highest BCUT2D eigenvalue weighted by molar-refractivity contribution is 5.75. The first-order valence-electron chi connectivity index (χ1n) is 7.59. The minimum Gasteiger partial charge on any atom is -0.336 e. The van der Waals surface area contributed by atoms with Crippen molar-refractivity contribution in [2.45, 2.75) is 44.8 Å². The minimum atomic E-state index is 0.0447. The average molecular weight is 293 g/mol. The Kier molecular flexibility index (Phi) is 4.88. The summed E-state index contributed by atoms with van der Waals surface area (Å²) in [7, 11) is 6.10. The number of hydrogen-bond donors (Lipinski definition) is 1. The van der Waals surface area contributed by atoms with Gasteiger partial charge in [0, 0.05) is 31.9 Å². The van der Waals surface area contributed by atoms with Crippen LogP contribution in [0.5, 0.6) is 0 Å². The lowest BCUT2D eigenvalue weighted by atomic mass is 10.0. The molecule has 1 fully saturated rings. The number of carbonyl (C=O) groups excluding carboxylic acids is 1. The molecule has 0 unspecified atom stereocenters. The van der Waals surface area contributed by atoms with Gasteiger partial charge in [-0.1, -0.05) is 0 Å². The van der Waals surface area contributed by atoms with Gasteiger partial charge in [0.15, 0.2) is 0 Å². The van der Waals surface area contributed by atoms with Crippen molar-refractivity contribution < 1.29 is 4.79 Å². The van der Waals surface area contributed by atoms with E-state index in [1.54, 1.807) is 0 Å². The molecule has 0 saturated carbocycles. The van der Waals surface area contributed by atoms with Crippen LogP contribution in [0.25, 0.3) is 0 Å². The zero-order valence-electron chi connectivity index (χ0n) is 13.7. The van der Waals surface area contributed by atoms with Crippen LogP contribution in [0.15, 0.2) is 12.4 Å². The largest absolute Gasteiger partial charge is 0.336 e.